The Labute approximate surface area is 88.1 Å². The van der Waals surface area contributed by atoms with Crippen LogP contribution in [0.2, 0.25) is 0 Å². The van der Waals surface area contributed by atoms with Gasteiger partial charge in [0.2, 0.25) is 0 Å². The molecular formula is C11H14FNO2. The van der Waals surface area contributed by atoms with Crippen molar-refractivity contribution in [2.45, 2.75) is 6.42 Å². The second kappa shape index (κ2) is 4.89. The lowest BCUT2D eigenvalue weighted by Crippen LogP contribution is -2.16. The van der Waals surface area contributed by atoms with Crippen molar-refractivity contribution in [3.63, 3.8) is 0 Å². The average molecular weight is 211 g/mol. The summed E-state index contributed by atoms with van der Waals surface area (Å²) < 4.78 is 12.9. The minimum absolute atomic E-state index is 0.179. The van der Waals surface area contributed by atoms with Crippen LogP contribution in [0.3, 0.4) is 0 Å². The number of benzene rings is 1. The predicted octanol–water partition coefficient (Wildman–Crippen LogP) is 1.63. The number of rotatable bonds is 4. The lowest BCUT2D eigenvalue weighted by Gasteiger charge is -2.11. The van der Waals surface area contributed by atoms with E-state index in [0.717, 1.165) is 0 Å². The van der Waals surface area contributed by atoms with E-state index in [2.05, 4.69) is 0 Å². The molecule has 0 aliphatic rings. The van der Waals surface area contributed by atoms with Crippen molar-refractivity contribution < 1.29 is 14.3 Å². The fourth-order valence-electron chi connectivity index (χ4n) is 1.32. The number of carboxylic acid groups (broad SMARTS) is 1. The molecular weight excluding hydrogens is 197 g/mol. The van der Waals surface area contributed by atoms with E-state index < -0.39 is 11.8 Å². The highest BCUT2D eigenvalue weighted by Crippen LogP contribution is 2.12. The van der Waals surface area contributed by atoms with Gasteiger partial charge >= 0.3 is 5.97 Å². The van der Waals surface area contributed by atoms with Crippen LogP contribution >= 0.6 is 0 Å². The molecule has 0 radical (unpaired) electrons. The Morgan fingerprint density at radius 2 is 2.13 bits per heavy atom. The molecule has 3 nitrogen and oxygen atoms in total. The summed E-state index contributed by atoms with van der Waals surface area (Å²) in [6.45, 7) is 0.698. The topological polar surface area (TPSA) is 40.5 Å². The van der Waals surface area contributed by atoms with E-state index in [4.69, 9.17) is 5.11 Å². The third-order valence-electron chi connectivity index (χ3n) is 2.13. The van der Waals surface area contributed by atoms with Crippen LogP contribution in [0.25, 0.3) is 0 Å². The highest BCUT2D eigenvalue weighted by atomic mass is 19.1. The Balaban J connectivity index is 2.92. The number of likely N-dealkylation sites (N-methyl/N-ethyl adjacent to an activating group) is 1. The first kappa shape index (κ1) is 11.7. The average Bonchev–Trinajstić information content (AvgIpc) is 2.14. The monoisotopic (exact) mass is 211 g/mol. The van der Waals surface area contributed by atoms with Gasteiger partial charge in [-0.2, -0.15) is 0 Å². The Hall–Kier alpha value is -1.42. The highest BCUT2D eigenvalue weighted by molar-refractivity contribution is 5.89. The normalized spacial score (nSPS) is 10.7. The summed E-state index contributed by atoms with van der Waals surface area (Å²) in [5, 5.41) is 8.89. The molecule has 1 aromatic carbocycles. The number of nitrogens with zero attached hydrogens (tertiary/aromatic N) is 1. The van der Waals surface area contributed by atoms with Crippen LogP contribution in [-0.4, -0.2) is 36.6 Å². The van der Waals surface area contributed by atoms with Gasteiger partial charge in [-0.05, 0) is 44.3 Å². The van der Waals surface area contributed by atoms with Gasteiger partial charge in [-0.15, -0.1) is 0 Å². The summed E-state index contributed by atoms with van der Waals surface area (Å²) >= 11 is 0. The van der Waals surface area contributed by atoms with Gasteiger partial charge in [0.05, 0.1) is 5.56 Å². The second-order valence-corrected chi connectivity index (χ2v) is 3.66. The third-order valence-corrected chi connectivity index (χ3v) is 2.13. The summed E-state index contributed by atoms with van der Waals surface area (Å²) in [6.07, 6.45) is 0.534. The third kappa shape index (κ3) is 3.32. The van der Waals surface area contributed by atoms with Crippen molar-refractivity contribution >= 4 is 5.97 Å². The van der Waals surface area contributed by atoms with Crippen molar-refractivity contribution in [2.24, 2.45) is 0 Å². The van der Waals surface area contributed by atoms with Crippen LogP contribution in [0.4, 0.5) is 4.39 Å². The first-order valence-corrected chi connectivity index (χ1v) is 4.67. The molecule has 0 aliphatic heterocycles. The zero-order valence-electron chi connectivity index (χ0n) is 8.83. The van der Waals surface area contributed by atoms with Crippen molar-refractivity contribution in [2.75, 3.05) is 20.6 Å². The van der Waals surface area contributed by atoms with E-state index in [1.54, 1.807) is 0 Å². The molecule has 0 amide bonds. The maximum Gasteiger partial charge on any atom is 0.335 e. The maximum atomic E-state index is 12.9. The first-order chi connectivity index (χ1) is 7.00. The van der Waals surface area contributed by atoms with Gasteiger partial charge in [0.25, 0.3) is 0 Å². The van der Waals surface area contributed by atoms with E-state index in [-0.39, 0.29) is 5.56 Å². The molecule has 0 saturated heterocycles. The van der Waals surface area contributed by atoms with Crippen LogP contribution in [0, 0.1) is 5.82 Å². The fourth-order valence-corrected chi connectivity index (χ4v) is 1.32. The summed E-state index contributed by atoms with van der Waals surface area (Å²) in [5.74, 6) is -1.41. The zero-order valence-corrected chi connectivity index (χ0v) is 8.83. The SMILES string of the molecule is CN(C)CCc1cc(F)ccc1C(=O)O. The number of aromatic carboxylic acids is 1. The van der Waals surface area contributed by atoms with E-state index in [1.807, 2.05) is 19.0 Å². The van der Waals surface area contributed by atoms with Gasteiger partial charge in [0, 0.05) is 6.54 Å². The second-order valence-electron chi connectivity index (χ2n) is 3.66. The molecule has 82 valence electrons. The molecule has 0 aromatic heterocycles. The first-order valence-electron chi connectivity index (χ1n) is 4.67. The quantitative estimate of drug-likeness (QED) is 0.822. The number of hydrogen-bond acceptors (Lipinski definition) is 2. The molecule has 0 saturated carbocycles. The van der Waals surface area contributed by atoms with Gasteiger partial charge in [0.15, 0.2) is 0 Å². The smallest absolute Gasteiger partial charge is 0.335 e. The van der Waals surface area contributed by atoms with Gasteiger partial charge in [-0.25, -0.2) is 9.18 Å². The molecule has 0 fully saturated rings. The number of carboxylic acids is 1. The van der Waals surface area contributed by atoms with Crippen molar-refractivity contribution in [3.8, 4) is 0 Å². The molecule has 0 aliphatic carbocycles. The van der Waals surface area contributed by atoms with Crippen LogP contribution in [0.1, 0.15) is 15.9 Å². The predicted molar refractivity (Wildman–Crippen MR) is 55.6 cm³/mol. The lowest BCUT2D eigenvalue weighted by molar-refractivity contribution is 0.0695. The minimum atomic E-state index is -1.01. The molecule has 1 rings (SSSR count). The molecule has 0 atom stereocenters. The van der Waals surface area contributed by atoms with Crippen molar-refractivity contribution in [1.82, 2.24) is 4.90 Å². The van der Waals surface area contributed by atoms with Gasteiger partial charge in [-0.3, -0.25) is 0 Å². The molecule has 1 N–H and O–H groups in total. The van der Waals surface area contributed by atoms with Gasteiger partial charge in [-0.1, -0.05) is 0 Å². The standard InChI is InChI=1S/C11H14FNO2/c1-13(2)6-5-8-7-9(12)3-4-10(8)11(14)15/h3-4,7H,5-6H2,1-2H3,(H,14,15). The van der Waals surface area contributed by atoms with E-state index >= 15 is 0 Å². The summed E-state index contributed by atoms with van der Waals surface area (Å²) in [7, 11) is 3.78. The lowest BCUT2D eigenvalue weighted by atomic mass is 10.0. The molecule has 1 aromatic rings. The fraction of sp³-hybridized carbons (Fsp3) is 0.364. The molecule has 0 unspecified atom stereocenters. The number of halogens is 1. The van der Waals surface area contributed by atoms with Gasteiger partial charge in [0.1, 0.15) is 5.82 Å². The Kier molecular flexibility index (Phi) is 3.80. The Morgan fingerprint density at radius 1 is 1.47 bits per heavy atom. The van der Waals surface area contributed by atoms with Crippen molar-refractivity contribution in [1.29, 1.82) is 0 Å². The van der Waals surface area contributed by atoms with Crippen LogP contribution < -0.4 is 0 Å². The number of hydrogen-bond donors (Lipinski definition) is 1. The van der Waals surface area contributed by atoms with Gasteiger partial charge < -0.3 is 10.0 Å². The van der Waals surface area contributed by atoms with Crippen LogP contribution in [0.5, 0.6) is 0 Å². The Morgan fingerprint density at radius 3 is 2.67 bits per heavy atom. The molecule has 15 heavy (non-hydrogen) atoms. The highest BCUT2D eigenvalue weighted by Gasteiger charge is 2.10. The number of carbonyl (C=O) groups is 1. The molecule has 0 bridgehead atoms. The minimum Gasteiger partial charge on any atom is -0.478 e. The van der Waals surface area contributed by atoms with Crippen LogP contribution in [0.15, 0.2) is 18.2 Å². The van der Waals surface area contributed by atoms with E-state index in [0.29, 0.717) is 18.5 Å². The Bertz CT molecular complexity index is 364. The molecule has 4 heteroatoms. The van der Waals surface area contributed by atoms with Crippen molar-refractivity contribution in [3.05, 3.63) is 35.1 Å². The summed E-state index contributed by atoms with van der Waals surface area (Å²) in [6, 6.07) is 3.76. The van der Waals surface area contributed by atoms with Crippen LogP contribution in [-0.2, 0) is 6.42 Å². The molecule has 0 spiro atoms. The zero-order chi connectivity index (χ0) is 11.4. The molecule has 0 heterocycles. The van der Waals surface area contributed by atoms with E-state index in [9.17, 15) is 9.18 Å². The van der Waals surface area contributed by atoms with E-state index in [1.165, 1.54) is 18.2 Å². The largest absolute Gasteiger partial charge is 0.478 e. The summed E-state index contributed by atoms with van der Waals surface area (Å²) in [4.78, 5) is 12.8. The maximum absolute atomic E-state index is 12.9. The summed E-state index contributed by atoms with van der Waals surface area (Å²) in [5.41, 5.74) is 0.717.